The third kappa shape index (κ3) is 3.70. The number of nitriles is 1. The maximum absolute atomic E-state index is 12.0. The van der Waals surface area contributed by atoms with Crippen LogP contribution in [-0.2, 0) is 0 Å². The van der Waals surface area contributed by atoms with Crippen molar-refractivity contribution in [2.75, 3.05) is 0 Å². The van der Waals surface area contributed by atoms with Gasteiger partial charge in [-0.15, -0.1) is 0 Å². The van der Waals surface area contributed by atoms with E-state index < -0.39 is 6.04 Å². The topological polar surface area (TPSA) is 52.9 Å². The number of halogens is 1. The lowest BCUT2D eigenvalue weighted by Gasteiger charge is -2.12. The van der Waals surface area contributed by atoms with Crippen LogP contribution in [0.2, 0.25) is 0 Å². The minimum Gasteiger partial charge on any atom is -0.336 e. The highest BCUT2D eigenvalue weighted by atomic mass is 127. The average Bonchev–Trinajstić information content (AvgIpc) is 2.31. The molecule has 17 heavy (non-hydrogen) atoms. The summed E-state index contributed by atoms with van der Waals surface area (Å²) in [6, 6.07) is 7.31. The monoisotopic (exact) mass is 342 g/mol. The van der Waals surface area contributed by atoms with Crippen LogP contribution in [0.25, 0.3) is 0 Å². The first-order chi connectivity index (χ1) is 8.10. The standard InChI is InChI=1S/C13H15IN2O/c1-3-5-10(8-15)16-13(17)11-7-4-6-9(2)12(11)14/h4,6-7,10H,3,5H2,1-2H3,(H,16,17). The van der Waals surface area contributed by atoms with Crippen LogP contribution in [0.15, 0.2) is 18.2 Å². The van der Waals surface area contributed by atoms with Gasteiger partial charge in [-0.05, 0) is 47.6 Å². The largest absolute Gasteiger partial charge is 0.336 e. The molecule has 0 saturated carbocycles. The molecule has 0 radical (unpaired) electrons. The van der Waals surface area contributed by atoms with E-state index in [9.17, 15) is 4.79 Å². The summed E-state index contributed by atoms with van der Waals surface area (Å²) < 4.78 is 0.941. The predicted octanol–water partition coefficient (Wildman–Crippen LogP) is 3.02. The van der Waals surface area contributed by atoms with Crippen LogP contribution in [0.1, 0.15) is 35.7 Å². The molecule has 1 unspecified atom stereocenters. The number of carbonyl (C=O) groups excluding carboxylic acids is 1. The number of aryl methyl sites for hydroxylation is 1. The van der Waals surface area contributed by atoms with Crippen LogP contribution in [0.4, 0.5) is 0 Å². The van der Waals surface area contributed by atoms with Gasteiger partial charge in [0.1, 0.15) is 6.04 Å². The number of amides is 1. The highest BCUT2D eigenvalue weighted by Crippen LogP contribution is 2.16. The van der Waals surface area contributed by atoms with Crippen molar-refractivity contribution in [3.8, 4) is 6.07 Å². The van der Waals surface area contributed by atoms with Gasteiger partial charge in [0, 0.05) is 3.57 Å². The lowest BCUT2D eigenvalue weighted by Crippen LogP contribution is -2.34. The predicted molar refractivity (Wildman–Crippen MR) is 75.7 cm³/mol. The molecular formula is C13H15IN2O. The van der Waals surface area contributed by atoms with E-state index in [0.29, 0.717) is 12.0 Å². The van der Waals surface area contributed by atoms with Crippen molar-refractivity contribution in [1.82, 2.24) is 5.32 Å². The minimum absolute atomic E-state index is 0.168. The Balaban J connectivity index is 2.83. The SMILES string of the molecule is CCCC(C#N)NC(=O)c1cccc(C)c1I. The van der Waals surface area contributed by atoms with Crippen molar-refractivity contribution < 1.29 is 4.79 Å². The van der Waals surface area contributed by atoms with Crippen LogP contribution < -0.4 is 5.32 Å². The zero-order chi connectivity index (χ0) is 12.8. The summed E-state index contributed by atoms with van der Waals surface area (Å²) in [7, 11) is 0. The normalized spacial score (nSPS) is 11.6. The molecule has 0 heterocycles. The number of nitrogens with one attached hydrogen (secondary N) is 1. The van der Waals surface area contributed by atoms with E-state index in [-0.39, 0.29) is 5.91 Å². The molecule has 0 spiro atoms. The Hall–Kier alpha value is -1.09. The van der Waals surface area contributed by atoms with Crippen LogP contribution in [0.5, 0.6) is 0 Å². The Morgan fingerprint density at radius 3 is 2.88 bits per heavy atom. The molecule has 0 saturated heterocycles. The summed E-state index contributed by atoms with van der Waals surface area (Å²) in [5.74, 6) is -0.168. The van der Waals surface area contributed by atoms with E-state index in [4.69, 9.17) is 5.26 Å². The maximum atomic E-state index is 12.0. The smallest absolute Gasteiger partial charge is 0.253 e. The molecule has 1 aromatic rings. The molecule has 0 aliphatic heterocycles. The Labute approximate surface area is 115 Å². The van der Waals surface area contributed by atoms with Gasteiger partial charge >= 0.3 is 0 Å². The number of hydrogen-bond acceptors (Lipinski definition) is 2. The summed E-state index contributed by atoms with van der Waals surface area (Å²) in [4.78, 5) is 12.0. The molecule has 0 fully saturated rings. The Kier molecular flexibility index (Phi) is 5.42. The average molecular weight is 342 g/mol. The molecule has 1 atom stereocenters. The maximum Gasteiger partial charge on any atom is 0.253 e. The molecule has 1 N–H and O–H groups in total. The molecule has 1 rings (SSSR count). The van der Waals surface area contributed by atoms with Crippen LogP contribution in [-0.4, -0.2) is 11.9 Å². The summed E-state index contributed by atoms with van der Waals surface area (Å²) >= 11 is 2.16. The Bertz CT molecular complexity index is 451. The number of carbonyl (C=O) groups is 1. The Morgan fingerprint density at radius 1 is 1.59 bits per heavy atom. The molecular weight excluding hydrogens is 327 g/mol. The number of nitrogens with zero attached hydrogens (tertiary/aromatic N) is 1. The van der Waals surface area contributed by atoms with Crippen LogP contribution in [0.3, 0.4) is 0 Å². The highest BCUT2D eigenvalue weighted by molar-refractivity contribution is 14.1. The van der Waals surface area contributed by atoms with Crippen molar-refractivity contribution in [1.29, 1.82) is 5.26 Å². The molecule has 0 aliphatic carbocycles. The van der Waals surface area contributed by atoms with E-state index in [0.717, 1.165) is 15.6 Å². The fraction of sp³-hybridized carbons (Fsp3) is 0.385. The van der Waals surface area contributed by atoms with Gasteiger partial charge in [0.2, 0.25) is 0 Å². The van der Waals surface area contributed by atoms with Crippen molar-refractivity contribution in [3.05, 3.63) is 32.9 Å². The van der Waals surface area contributed by atoms with Crippen molar-refractivity contribution in [2.45, 2.75) is 32.7 Å². The zero-order valence-electron chi connectivity index (χ0n) is 9.96. The van der Waals surface area contributed by atoms with Gasteiger partial charge in [0.15, 0.2) is 0 Å². The van der Waals surface area contributed by atoms with Gasteiger partial charge in [0.05, 0.1) is 11.6 Å². The van der Waals surface area contributed by atoms with Gasteiger partial charge in [-0.1, -0.05) is 25.5 Å². The molecule has 90 valence electrons. The van der Waals surface area contributed by atoms with Gasteiger partial charge in [-0.3, -0.25) is 4.79 Å². The summed E-state index contributed by atoms with van der Waals surface area (Å²) in [6.07, 6.45) is 1.56. The molecule has 0 aromatic heterocycles. The van der Waals surface area contributed by atoms with Gasteiger partial charge in [0.25, 0.3) is 5.91 Å². The summed E-state index contributed by atoms with van der Waals surface area (Å²) in [5.41, 5.74) is 1.71. The van der Waals surface area contributed by atoms with E-state index >= 15 is 0 Å². The van der Waals surface area contributed by atoms with E-state index in [1.54, 1.807) is 6.07 Å². The number of hydrogen-bond donors (Lipinski definition) is 1. The summed E-state index contributed by atoms with van der Waals surface area (Å²) in [6.45, 7) is 3.96. The van der Waals surface area contributed by atoms with Gasteiger partial charge in [-0.25, -0.2) is 0 Å². The minimum atomic E-state index is -0.399. The first-order valence-electron chi connectivity index (χ1n) is 5.55. The third-order valence-electron chi connectivity index (χ3n) is 2.47. The van der Waals surface area contributed by atoms with Crippen molar-refractivity contribution in [3.63, 3.8) is 0 Å². The van der Waals surface area contributed by atoms with Crippen molar-refractivity contribution >= 4 is 28.5 Å². The fourth-order valence-corrected chi connectivity index (χ4v) is 2.12. The van der Waals surface area contributed by atoms with E-state index in [1.807, 2.05) is 26.0 Å². The van der Waals surface area contributed by atoms with E-state index in [1.165, 1.54) is 0 Å². The molecule has 1 aromatic carbocycles. The number of benzene rings is 1. The lowest BCUT2D eigenvalue weighted by atomic mass is 10.1. The van der Waals surface area contributed by atoms with Gasteiger partial charge in [-0.2, -0.15) is 5.26 Å². The molecule has 3 nitrogen and oxygen atoms in total. The third-order valence-corrected chi connectivity index (χ3v) is 3.91. The lowest BCUT2D eigenvalue weighted by molar-refractivity contribution is 0.0943. The molecule has 0 bridgehead atoms. The second kappa shape index (κ2) is 6.60. The first-order valence-corrected chi connectivity index (χ1v) is 6.63. The van der Waals surface area contributed by atoms with E-state index in [2.05, 4.69) is 34.0 Å². The molecule has 1 amide bonds. The number of rotatable bonds is 4. The highest BCUT2D eigenvalue weighted by Gasteiger charge is 2.15. The first kappa shape index (κ1) is 14.0. The van der Waals surface area contributed by atoms with Crippen molar-refractivity contribution in [2.24, 2.45) is 0 Å². The second-order valence-electron chi connectivity index (χ2n) is 3.88. The van der Waals surface area contributed by atoms with Gasteiger partial charge < -0.3 is 5.32 Å². The molecule has 0 aliphatic rings. The second-order valence-corrected chi connectivity index (χ2v) is 4.96. The quantitative estimate of drug-likeness (QED) is 0.856. The fourth-order valence-electron chi connectivity index (χ4n) is 1.52. The van der Waals surface area contributed by atoms with Crippen LogP contribution >= 0.6 is 22.6 Å². The summed E-state index contributed by atoms with van der Waals surface area (Å²) in [5, 5.41) is 11.7. The van der Waals surface area contributed by atoms with Crippen LogP contribution in [0, 0.1) is 21.8 Å². The zero-order valence-corrected chi connectivity index (χ0v) is 12.1. The Morgan fingerprint density at radius 2 is 2.29 bits per heavy atom. The molecule has 4 heteroatoms.